The van der Waals surface area contributed by atoms with Gasteiger partial charge in [-0.2, -0.15) is 0 Å². The lowest BCUT2D eigenvalue weighted by atomic mass is 10.0. The normalized spacial score (nSPS) is 10.6. The second-order valence-electron chi connectivity index (χ2n) is 3.64. The molecule has 0 atom stereocenters. The number of aryl methyl sites for hydroxylation is 2. The van der Waals surface area contributed by atoms with Crippen molar-refractivity contribution in [2.45, 2.75) is 6.92 Å². The maximum atomic E-state index is 12.3. The van der Waals surface area contributed by atoms with Crippen molar-refractivity contribution in [2.24, 2.45) is 7.05 Å². The van der Waals surface area contributed by atoms with Crippen LogP contribution in [0.5, 0.6) is 0 Å². The summed E-state index contributed by atoms with van der Waals surface area (Å²) in [6.45, 7) is 1.90. The molecule has 0 amide bonds. The number of hydrogen-bond donors (Lipinski definition) is 0. The van der Waals surface area contributed by atoms with Crippen molar-refractivity contribution in [3.63, 3.8) is 0 Å². The van der Waals surface area contributed by atoms with E-state index in [1.807, 2.05) is 19.1 Å². The first-order valence-corrected chi connectivity index (χ1v) is 6.45. The van der Waals surface area contributed by atoms with E-state index in [0.29, 0.717) is 15.9 Å². The second kappa shape index (κ2) is 4.70. The van der Waals surface area contributed by atoms with Gasteiger partial charge in [0.05, 0.1) is 0 Å². The van der Waals surface area contributed by atoms with E-state index in [1.54, 1.807) is 13.1 Å². The van der Waals surface area contributed by atoms with Gasteiger partial charge in [0.15, 0.2) is 4.60 Å². The summed E-state index contributed by atoms with van der Waals surface area (Å²) < 4.78 is 2.88. The van der Waals surface area contributed by atoms with Gasteiger partial charge in [-0.3, -0.25) is 4.79 Å². The smallest absolute Gasteiger partial charge is 0.214 e. The Bertz CT molecular complexity index is 573. The van der Waals surface area contributed by atoms with E-state index in [1.165, 1.54) is 4.68 Å². The van der Waals surface area contributed by atoms with Crippen molar-refractivity contribution < 1.29 is 4.79 Å². The van der Waals surface area contributed by atoms with Gasteiger partial charge < -0.3 is 0 Å². The molecule has 1 aromatic carbocycles. The molecule has 1 aromatic heterocycles. The van der Waals surface area contributed by atoms with Gasteiger partial charge in [0.1, 0.15) is 5.69 Å². The van der Waals surface area contributed by atoms with Gasteiger partial charge in [-0.15, -0.1) is 5.10 Å². The van der Waals surface area contributed by atoms with Gasteiger partial charge in [0.25, 0.3) is 0 Å². The second-order valence-corrected chi connectivity index (χ2v) is 5.31. The molecule has 0 unspecified atom stereocenters. The van der Waals surface area contributed by atoms with Crippen LogP contribution >= 0.6 is 31.9 Å². The highest BCUT2D eigenvalue weighted by atomic mass is 79.9. The molecule has 6 heteroatoms. The van der Waals surface area contributed by atoms with E-state index in [-0.39, 0.29) is 5.78 Å². The minimum Gasteiger partial charge on any atom is -0.287 e. The first kappa shape index (κ1) is 12.4. The predicted molar refractivity (Wildman–Crippen MR) is 71.0 cm³/mol. The molecule has 0 saturated heterocycles. The van der Waals surface area contributed by atoms with Gasteiger partial charge in [-0.1, -0.05) is 21.1 Å². The number of carbonyl (C=O) groups is 1. The Hall–Kier alpha value is -1.01. The zero-order chi connectivity index (χ0) is 12.6. The minimum atomic E-state index is -0.0885. The molecule has 0 fully saturated rings. The fourth-order valence-electron chi connectivity index (χ4n) is 1.58. The van der Waals surface area contributed by atoms with Crippen LogP contribution in [0.1, 0.15) is 21.6 Å². The van der Waals surface area contributed by atoms with Crippen LogP contribution in [0, 0.1) is 6.92 Å². The largest absolute Gasteiger partial charge is 0.287 e. The van der Waals surface area contributed by atoms with Crippen LogP contribution in [-0.4, -0.2) is 20.8 Å². The molecule has 88 valence electrons. The molecule has 0 spiro atoms. The van der Waals surface area contributed by atoms with E-state index < -0.39 is 0 Å². The summed E-state index contributed by atoms with van der Waals surface area (Å²) in [7, 11) is 1.69. The van der Waals surface area contributed by atoms with Gasteiger partial charge in [0, 0.05) is 17.1 Å². The van der Waals surface area contributed by atoms with Crippen LogP contribution in [0.2, 0.25) is 0 Å². The van der Waals surface area contributed by atoms with Crippen LogP contribution < -0.4 is 0 Å². The van der Waals surface area contributed by atoms with Crippen molar-refractivity contribution in [1.29, 1.82) is 0 Å². The summed E-state index contributed by atoms with van der Waals surface area (Å²) >= 11 is 6.60. The maximum Gasteiger partial charge on any atom is 0.214 e. The monoisotopic (exact) mass is 357 g/mol. The molecule has 4 nitrogen and oxygen atoms in total. The highest BCUT2D eigenvalue weighted by Gasteiger charge is 2.20. The third-order valence-electron chi connectivity index (χ3n) is 2.43. The summed E-state index contributed by atoms with van der Waals surface area (Å²) in [6, 6.07) is 5.55. The Morgan fingerprint density at radius 2 is 2.06 bits per heavy atom. The predicted octanol–water partition coefficient (Wildman–Crippen LogP) is 2.88. The average Bonchev–Trinajstić information content (AvgIpc) is 2.58. The zero-order valence-corrected chi connectivity index (χ0v) is 12.4. The van der Waals surface area contributed by atoms with E-state index >= 15 is 0 Å². The van der Waals surface area contributed by atoms with Crippen LogP contribution in [-0.2, 0) is 7.05 Å². The Morgan fingerprint density at radius 3 is 2.59 bits per heavy atom. The van der Waals surface area contributed by atoms with E-state index in [2.05, 4.69) is 42.2 Å². The molecule has 0 aliphatic heterocycles. The Morgan fingerprint density at radius 1 is 1.35 bits per heavy atom. The molecule has 0 bridgehead atoms. The van der Waals surface area contributed by atoms with Crippen LogP contribution in [0.4, 0.5) is 0 Å². The molecule has 1 heterocycles. The van der Waals surface area contributed by atoms with Crippen molar-refractivity contribution in [3.8, 4) is 0 Å². The summed E-state index contributed by atoms with van der Waals surface area (Å²) in [5.74, 6) is -0.0885. The molecular weight excluding hydrogens is 350 g/mol. The number of hydrogen-bond acceptors (Lipinski definition) is 3. The van der Waals surface area contributed by atoms with Crippen molar-refractivity contribution in [2.75, 3.05) is 0 Å². The van der Waals surface area contributed by atoms with Crippen molar-refractivity contribution in [3.05, 3.63) is 44.1 Å². The van der Waals surface area contributed by atoms with E-state index in [0.717, 1.165) is 10.0 Å². The average molecular weight is 359 g/mol. The molecule has 2 aromatic rings. The quantitative estimate of drug-likeness (QED) is 0.775. The molecule has 0 radical (unpaired) electrons. The zero-order valence-electron chi connectivity index (χ0n) is 9.24. The number of halogens is 2. The lowest BCUT2D eigenvalue weighted by molar-refractivity contribution is 0.102. The molecule has 0 saturated carbocycles. The van der Waals surface area contributed by atoms with Crippen LogP contribution in [0.3, 0.4) is 0 Å². The molecule has 0 aliphatic rings. The summed E-state index contributed by atoms with van der Waals surface area (Å²) in [6.07, 6.45) is 0. The van der Waals surface area contributed by atoms with E-state index in [9.17, 15) is 4.79 Å². The molecule has 17 heavy (non-hydrogen) atoms. The summed E-state index contributed by atoms with van der Waals surface area (Å²) in [5, 5.41) is 7.61. The highest BCUT2D eigenvalue weighted by molar-refractivity contribution is 9.10. The lowest BCUT2D eigenvalue weighted by Gasteiger charge is -2.05. The third-order valence-corrected chi connectivity index (χ3v) is 3.46. The molecule has 2 rings (SSSR count). The van der Waals surface area contributed by atoms with Gasteiger partial charge >= 0.3 is 0 Å². The third kappa shape index (κ3) is 2.32. The van der Waals surface area contributed by atoms with Crippen LogP contribution in [0.25, 0.3) is 0 Å². The van der Waals surface area contributed by atoms with Gasteiger partial charge in [-0.25, -0.2) is 4.68 Å². The fourth-order valence-corrected chi connectivity index (χ4v) is 2.57. The SMILES string of the molecule is Cc1cc(Br)ccc1C(=O)c1c(Br)nnn1C. The number of aromatic nitrogens is 3. The number of benzene rings is 1. The van der Waals surface area contributed by atoms with Crippen molar-refractivity contribution >= 4 is 37.6 Å². The van der Waals surface area contributed by atoms with Gasteiger partial charge in [-0.05, 0) is 46.6 Å². The topological polar surface area (TPSA) is 47.8 Å². The van der Waals surface area contributed by atoms with E-state index in [4.69, 9.17) is 0 Å². The fraction of sp³-hybridized carbons (Fsp3) is 0.182. The van der Waals surface area contributed by atoms with Crippen molar-refractivity contribution in [1.82, 2.24) is 15.0 Å². The highest BCUT2D eigenvalue weighted by Crippen LogP contribution is 2.21. The molecule has 0 aliphatic carbocycles. The number of ketones is 1. The number of rotatable bonds is 2. The Labute approximate surface area is 115 Å². The van der Waals surface area contributed by atoms with Gasteiger partial charge in [0.2, 0.25) is 5.78 Å². The van der Waals surface area contributed by atoms with Crippen LogP contribution in [0.15, 0.2) is 27.3 Å². The number of nitrogens with zero attached hydrogens (tertiary/aromatic N) is 3. The maximum absolute atomic E-state index is 12.3. The standard InChI is InChI=1S/C11H9Br2N3O/c1-6-5-7(12)3-4-8(6)10(17)9-11(13)14-15-16(9)2/h3-5H,1-2H3. The Kier molecular flexibility index (Phi) is 3.44. The lowest BCUT2D eigenvalue weighted by Crippen LogP contribution is -2.10. The number of carbonyl (C=O) groups excluding carboxylic acids is 1. The first-order valence-electron chi connectivity index (χ1n) is 4.86. The minimum absolute atomic E-state index is 0.0885. The molecular formula is C11H9Br2N3O. The molecule has 0 N–H and O–H groups in total. The first-order chi connectivity index (χ1) is 8.00. The Balaban J connectivity index is 2.51. The summed E-state index contributed by atoms with van der Waals surface area (Å²) in [5.41, 5.74) is 2.02. The summed E-state index contributed by atoms with van der Waals surface area (Å²) in [4.78, 5) is 12.3.